The molecule has 0 heterocycles. The van der Waals surface area contributed by atoms with E-state index in [0.29, 0.717) is 18.8 Å². The lowest BCUT2D eigenvalue weighted by molar-refractivity contribution is 0.0929. The van der Waals surface area contributed by atoms with E-state index in [9.17, 15) is 9.90 Å². The molecule has 1 aromatic rings. The summed E-state index contributed by atoms with van der Waals surface area (Å²) in [6.45, 7) is 1.14. The van der Waals surface area contributed by atoms with Gasteiger partial charge in [0.05, 0.1) is 12.7 Å². The molecule has 110 valence electrons. The second kappa shape index (κ2) is 6.13. The van der Waals surface area contributed by atoms with Gasteiger partial charge in [-0.05, 0) is 43.0 Å². The van der Waals surface area contributed by atoms with Crippen molar-refractivity contribution in [3.8, 4) is 11.5 Å². The molecule has 2 rings (SSSR count). The number of carbonyl (C=O) groups is 1. The second-order valence-corrected chi connectivity index (χ2v) is 5.48. The summed E-state index contributed by atoms with van der Waals surface area (Å²) >= 11 is 0. The Kier molecular flexibility index (Phi) is 4.49. The van der Waals surface area contributed by atoms with Crippen LogP contribution in [0.3, 0.4) is 0 Å². The fraction of sp³-hybridized carbons (Fsp3) is 0.533. The van der Waals surface area contributed by atoms with Gasteiger partial charge in [-0.25, -0.2) is 0 Å². The molecule has 1 saturated carbocycles. The van der Waals surface area contributed by atoms with Crippen molar-refractivity contribution in [3.63, 3.8) is 0 Å². The quantitative estimate of drug-likeness (QED) is 0.764. The first kappa shape index (κ1) is 14.7. The Morgan fingerprint density at radius 3 is 2.75 bits per heavy atom. The fourth-order valence-corrected chi connectivity index (χ4v) is 2.77. The molecule has 20 heavy (non-hydrogen) atoms. The van der Waals surface area contributed by atoms with E-state index in [1.165, 1.54) is 19.2 Å². The molecule has 0 spiro atoms. The number of rotatable bonds is 5. The van der Waals surface area contributed by atoms with Gasteiger partial charge in [0.2, 0.25) is 0 Å². The van der Waals surface area contributed by atoms with Crippen LogP contribution in [0.2, 0.25) is 0 Å². The SMILES string of the molecule is COc1ccc(O)c(C(=O)NCC2(CN)CCCC2)c1. The number of nitrogens with one attached hydrogen (secondary N) is 1. The van der Waals surface area contributed by atoms with Crippen LogP contribution < -0.4 is 15.8 Å². The average molecular weight is 278 g/mol. The van der Waals surface area contributed by atoms with Crippen molar-refractivity contribution in [1.29, 1.82) is 0 Å². The Balaban J connectivity index is 2.04. The molecule has 1 aliphatic carbocycles. The Morgan fingerprint density at radius 2 is 2.15 bits per heavy atom. The zero-order chi connectivity index (χ0) is 14.6. The number of carbonyl (C=O) groups excluding carboxylic acids is 1. The number of nitrogens with two attached hydrogens (primary N) is 1. The first-order valence-corrected chi connectivity index (χ1v) is 6.95. The monoisotopic (exact) mass is 278 g/mol. The predicted octanol–water partition coefficient (Wildman–Crippen LogP) is 1.65. The molecule has 0 aliphatic heterocycles. The number of amides is 1. The van der Waals surface area contributed by atoms with E-state index in [4.69, 9.17) is 10.5 Å². The number of phenols is 1. The van der Waals surface area contributed by atoms with Crippen molar-refractivity contribution >= 4 is 5.91 Å². The molecule has 0 unspecified atom stereocenters. The van der Waals surface area contributed by atoms with Crippen molar-refractivity contribution in [2.24, 2.45) is 11.1 Å². The van der Waals surface area contributed by atoms with Crippen LogP contribution in [0.15, 0.2) is 18.2 Å². The first-order chi connectivity index (χ1) is 9.60. The van der Waals surface area contributed by atoms with E-state index in [1.54, 1.807) is 6.07 Å². The molecule has 0 radical (unpaired) electrons. The number of aromatic hydroxyl groups is 1. The maximum atomic E-state index is 12.2. The summed E-state index contributed by atoms with van der Waals surface area (Å²) in [5.74, 6) is 0.208. The van der Waals surface area contributed by atoms with Gasteiger partial charge in [-0.2, -0.15) is 0 Å². The number of methoxy groups -OCH3 is 1. The molecule has 0 atom stereocenters. The molecule has 5 nitrogen and oxygen atoms in total. The zero-order valence-corrected chi connectivity index (χ0v) is 11.8. The molecule has 4 N–H and O–H groups in total. The van der Waals surface area contributed by atoms with Crippen molar-refractivity contribution in [2.45, 2.75) is 25.7 Å². The minimum Gasteiger partial charge on any atom is -0.507 e. The normalized spacial score (nSPS) is 16.9. The van der Waals surface area contributed by atoms with E-state index in [1.807, 2.05) is 0 Å². The summed E-state index contributed by atoms with van der Waals surface area (Å²) in [7, 11) is 1.52. The molecule has 0 aromatic heterocycles. The van der Waals surface area contributed by atoms with Crippen LogP contribution >= 0.6 is 0 Å². The predicted molar refractivity (Wildman–Crippen MR) is 76.9 cm³/mol. The van der Waals surface area contributed by atoms with Gasteiger partial charge in [-0.3, -0.25) is 4.79 Å². The third-order valence-electron chi connectivity index (χ3n) is 4.17. The van der Waals surface area contributed by atoms with Crippen LogP contribution in [0.1, 0.15) is 36.0 Å². The summed E-state index contributed by atoms with van der Waals surface area (Å²) < 4.78 is 5.07. The number of hydrogen-bond acceptors (Lipinski definition) is 4. The number of ether oxygens (including phenoxy) is 1. The molecule has 0 bridgehead atoms. The minimum absolute atomic E-state index is 0.0180. The summed E-state index contributed by atoms with van der Waals surface area (Å²) in [5.41, 5.74) is 6.10. The Labute approximate surface area is 119 Å². The third-order valence-corrected chi connectivity index (χ3v) is 4.17. The minimum atomic E-state index is -0.291. The van der Waals surface area contributed by atoms with E-state index in [2.05, 4.69) is 5.32 Å². The van der Waals surface area contributed by atoms with Crippen LogP contribution in [-0.4, -0.2) is 31.2 Å². The Morgan fingerprint density at radius 1 is 1.45 bits per heavy atom. The maximum Gasteiger partial charge on any atom is 0.255 e. The van der Waals surface area contributed by atoms with Crippen molar-refractivity contribution < 1.29 is 14.6 Å². The fourth-order valence-electron chi connectivity index (χ4n) is 2.77. The lowest BCUT2D eigenvalue weighted by atomic mass is 9.86. The van der Waals surface area contributed by atoms with Gasteiger partial charge in [0.15, 0.2) is 0 Å². The van der Waals surface area contributed by atoms with Gasteiger partial charge in [-0.15, -0.1) is 0 Å². The standard InChI is InChI=1S/C15H22N2O3/c1-20-11-4-5-13(18)12(8-11)14(19)17-10-15(9-16)6-2-3-7-15/h4-5,8,18H,2-3,6-7,9-10,16H2,1H3,(H,17,19). The van der Waals surface area contributed by atoms with Crippen LogP contribution in [0.4, 0.5) is 0 Å². The van der Waals surface area contributed by atoms with Gasteiger partial charge < -0.3 is 20.9 Å². The van der Waals surface area contributed by atoms with E-state index >= 15 is 0 Å². The van der Waals surface area contributed by atoms with E-state index in [0.717, 1.165) is 25.7 Å². The smallest absolute Gasteiger partial charge is 0.255 e. The molecular weight excluding hydrogens is 256 g/mol. The van der Waals surface area contributed by atoms with Crippen LogP contribution in [0.5, 0.6) is 11.5 Å². The topological polar surface area (TPSA) is 84.6 Å². The van der Waals surface area contributed by atoms with Gasteiger partial charge in [0, 0.05) is 6.54 Å². The highest BCUT2D eigenvalue weighted by atomic mass is 16.5. The van der Waals surface area contributed by atoms with Crippen molar-refractivity contribution in [2.75, 3.05) is 20.2 Å². The van der Waals surface area contributed by atoms with E-state index in [-0.39, 0.29) is 22.6 Å². The van der Waals surface area contributed by atoms with Gasteiger partial charge in [-0.1, -0.05) is 12.8 Å². The summed E-state index contributed by atoms with van der Waals surface area (Å²) in [6.07, 6.45) is 4.43. The summed E-state index contributed by atoms with van der Waals surface area (Å²) in [4.78, 5) is 12.2. The molecule has 1 aromatic carbocycles. The van der Waals surface area contributed by atoms with Gasteiger partial charge >= 0.3 is 0 Å². The third kappa shape index (κ3) is 3.04. The molecule has 1 fully saturated rings. The summed E-state index contributed by atoms with van der Waals surface area (Å²) in [5, 5.41) is 12.7. The van der Waals surface area contributed by atoms with Crippen LogP contribution in [0.25, 0.3) is 0 Å². The van der Waals surface area contributed by atoms with Gasteiger partial charge in [0.1, 0.15) is 11.5 Å². The van der Waals surface area contributed by atoms with Crippen LogP contribution in [-0.2, 0) is 0 Å². The first-order valence-electron chi connectivity index (χ1n) is 6.95. The molecule has 0 saturated heterocycles. The highest BCUT2D eigenvalue weighted by Crippen LogP contribution is 2.36. The largest absolute Gasteiger partial charge is 0.507 e. The molecular formula is C15H22N2O3. The Bertz CT molecular complexity index is 482. The van der Waals surface area contributed by atoms with E-state index < -0.39 is 0 Å². The number of phenolic OH excluding ortho intramolecular Hbond substituents is 1. The number of benzene rings is 1. The average Bonchev–Trinajstić information content (AvgIpc) is 2.95. The lowest BCUT2D eigenvalue weighted by Gasteiger charge is -2.27. The van der Waals surface area contributed by atoms with Crippen molar-refractivity contribution in [1.82, 2.24) is 5.32 Å². The molecule has 1 aliphatic rings. The second-order valence-electron chi connectivity index (χ2n) is 5.48. The van der Waals surface area contributed by atoms with Gasteiger partial charge in [0.25, 0.3) is 5.91 Å². The van der Waals surface area contributed by atoms with Crippen LogP contribution in [0, 0.1) is 5.41 Å². The highest BCUT2D eigenvalue weighted by molar-refractivity contribution is 5.97. The van der Waals surface area contributed by atoms with Crippen molar-refractivity contribution in [3.05, 3.63) is 23.8 Å². The number of hydrogen-bond donors (Lipinski definition) is 3. The lowest BCUT2D eigenvalue weighted by Crippen LogP contribution is -2.40. The Hall–Kier alpha value is -1.75. The summed E-state index contributed by atoms with van der Waals surface area (Å²) in [6, 6.07) is 4.61. The highest BCUT2D eigenvalue weighted by Gasteiger charge is 2.32. The molecule has 1 amide bonds. The maximum absolute atomic E-state index is 12.2. The molecule has 5 heteroatoms. The zero-order valence-electron chi connectivity index (χ0n) is 11.8.